The van der Waals surface area contributed by atoms with Crippen LogP contribution < -0.4 is 0 Å². The summed E-state index contributed by atoms with van der Waals surface area (Å²) in [7, 11) is 0. The fourth-order valence-corrected chi connectivity index (χ4v) is 0.627. The summed E-state index contributed by atoms with van der Waals surface area (Å²) in [6, 6.07) is 0. The first kappa shape index (κ1) is 5.51. The van der Waals surface area contributed by atoms with Crippen LogP contribution in [-0.4, -0.2) is 11.2 Å². The zero-order valence-corrected chi connectivity index (χ0v) is 4.34. The number of aliphatic hydroxyl groups excluding tert-OH is 1. The Morgan fingerprint density at radius 3 is 2.88 bits per heavy atom. The number of hydrogen-bond donors (Lipinski definition) is 1. The van der Waals surface area contributed by atoms with Gasteiger partial charge in [-0.2, -0.15) is 0 Å². The second-order valence-electron chi connectivity index (χ2n) is 1.76. The van der Waals surface area contributed by atoms with Crippen molar-refractivity contribution in [1.29, 1.82) is 0 Å². The lowest BCUT2D eigenvalue weighted by atomic mass is 10.1. The molecule has 1 atom stereocenters. The zero-order chi connectivity index (χ0) is 5.98. The molecule has 1 N–H and O–H groups in total. The summed E-state index contributed by atoms with van der Waals surface area (Å²) >= 11 is 0. The Kier molecular flexibility index (Phi) is 1.44. The Labute approximate surface area is 47.1 Å². The highest BCUT2D eigenvalue weighted by Crippen LogP contribution is 2.10. The molecule has 0 aliphatic heterocycles. The Balaban J connectivity index is 2.63. The summed E-state index contributed by atoms with van der Waals surface area (Å²) in [4.78, 5) is 0. The summed E-state index contributed by atoms with van der Waals surface area (Å²) in [5.41, 5.74) is 0. The zero-order valence-electron chi connectivity index (χ0n) is 4.34. The van der Waals surface area contributed by atoms with Crippen LogP contribution in [0.15, 0.2) is 24.1 Å². The number of halogens is 1. The standard InChI is InChI=1S/C6H7FO/c7-5-2-1-3-6(8)4-5/h1-2,4,6,8H,3H2. The van der Waals surface area contributed by atoms with Crippen LogP contribution in [0.1, 0.15) is 6.42 Å². The van der Waals surface area contributed by atoms with E-state index in [1.165, 1.54) is 12.2 Å². The van der Waals surface area contributed by atoms with Crippen LogP contribution in [0.4, 0.5) is 4.39 Å². The van der Waals surface area contributed by atoms with Gasteiger partial charge < -0.3 is 5.11 Å². The van der Waals surface area contributed by atoms with Gasteiger partial charge >= 0.3 is 0 Å². The summed E-state index contributed by atoms with van der Waals surface area (Å²) in [6.45, 7) is 0. The molecule has 1 aliphatic rings. The van der Waals surface area contributed by atoms with E-state index in [9.17, 15) is 4.39 Å². The van der Waals surface area contributed by atoms with Gasteiger partial charge in [-0.25, -0.2) is 4.39 Å². The Bertz CT molecular complexity index is 137. The minimum Gasteiger partial charge on any atom is -0.389 e. The van der Waals surface area contributed by atoms with Gasteiger partial charge in [-0.3, -0.25) is 0 Å². The normalized spacial score (nSPS) is 27.8. The molecule has 2 heteroatoms. The van der Waals surface area contributed by atoms with E-state index >= 15 is 0 Å². The average Bonchev–Trinajstić information content (AvgIpc) is 1.64. The molecule has 0 aromatic carbocycles. The van der Waals surface area contributed by atoms with Crippen LogP contribution in [0.5, 0.6) is 0 Å². The van der Waals surface area contributed by atoms with Gasteiger partial charge in [0, 0.05) is 0 Å². The molecule has 1 nitrogen and oxygen atoms in total. The minimum absolute atomic E-state index is 0.344. The first-order chi connectivity index (χ1) is 3.79. The maximum absolute atomic E-state index is 12.0. The van der Waals surface area contributed by atoms with Gasteiger partial charge in [0.25, 0.3) is 0 Å². The fourth-order valence-electron chi connectivity index (χ4n) is 0.627. The van der Waals surface area contributed by atoms with Crippen molar-refractivity contribution >= 4 is 0 Å². The fraction of sp³-hybridized carbons (Fsp3) is 0.333. The number of aliphatic hydroxyl groups is 1. The second kappa shape index (κ2) is 2.09. The van der Waals surface area contributed by atoms with Crippen molar-refractivity contribution in [3.63, 3.8) is 0 Å². The molecule has 0 heterocycles. The summed E-state index contributed by atoms with van der Waals surface area (Å²) in [6.07, 6.45) is 4.08. The number of rotatable bonds is 0. The average molecular weight is 114 g/mol. The van der Waals surface area contributed by atoms with Crippen LogP contribution in [0.25, 0.3) is 0 Å². The van der Waals surface area contributed by atoms with E-state index in [0.717, 1.165) is 0 Å². The van der Waals surface area contributed by atoms with Gasteiger partial charge in [-0.05, 0) is 18.6 Å². The molecule has 0 aromatic rings. The molecule has 8 heavy (non-hydrogen) atoms. The van der Waals surface area contributed by atoms with Crippen molar-refractivity contribution < 1.29 is 9.50 Å². The van der Waals surface area contributed by atoms with Crippen LogP contribution in [0, 0.1) is 0 Å². The first-order valence-corrected chi connectivity index (χ1v) is 2.51. The van der Waals surface area contributed by atoms with Gasteiger partial charge in [0.1, 0.15) is 5.83 Å². The lowest BCUT2D eigenvalue weighted by Crippen LogP contribution is -2.02. The van der Waals surface area contributed by atoms with Crippen LogP contribution in [0.2, 0.25) is 0 Å². The van der Waals surface area contributed by atoms with Crippen molar-refractivity contribution in [3.8, 4) is 0 Å². The molecule has 44 valence electrons. The van der Waals surface area contributed by atoms with Crippen LogP contribution in [0.3, 0.4) is 0 Å². The Hall–Kier alpha value is -0.630. The van der Waals surface area contributed by atoms with Crippen LogP contribution in [-0.2, 0) is 0 Å². The van der Waals surface area contributed by atoms with Gasteiger partial charge in [0.05, 0.1) is 6.10 Å². The molecule has 0 saturated carbocycles. The third-order valence-corrected chi connectivity index (χ3v) is 1.01. The molecular formula is C6H7FO. The van der Waals surface area contributed by atoms with E-state index in [1.807, 2.05) is 0 Å². The highest BCUT2D eigenvalue weighted by atomic mass is 19.1. The summed E-state index contributed by atoms with van der Waals surface area (Å²) < 4.78 is 12.0. The molecule has 0 amide bonds. The number of hydrogen-bond acceptors (Lipinski definition) is 1. The minimum atomic E-state index is -0.611. The summed E-state index contributed by atoms with van der Waals surface area (Å²) in [5.74, 6) is -0.344. The molecule has 1 unspecified atom stereocenters. The van der Waals surface area contributed by atoms with E-state index in [-0.39, 0.29) is 5.83 Å². The maximum Gasteiger partial charge on any atom is 0.121 e. The molecule has 1 rings (SSSR count). The largest absolute Gasteiger partial charge is 0.389 e. The van der Waals surface area contributed by atoms with Gasteiger partial charge in [-0.1, -0.05) is 6.08 Å². The molecule has 0 radical (unpaired) electrons. The van der Waals surface area contributed by atoms with E-state index < -0.39 is 6.10 Å². The topological polar surface area (TPSA) is 20.2 Å². The van der Waals surface area contributed by atoms with Gasteiger partial charge in [0.2, 0.25) is 0 Å². The smallest absolute Gasteiger partial charge is 0.121 e. The molecule has 0 spiro atoms. The lowest BCUT2D eigenvalue weighted by Gasteiger charge is -2.03. The van der Waals surface area contributed by atoms with Gasteiger partial charge in [0.15, 0.2) is 0 Å². The second-order valence-corrected chi connectivity index (χ2v) is 1.76. The Morgan fingerprint density at radius 2 is 2.50 bits per heavy atom. The van der Waals surface area contributed by atoms with Crippen molar-refractivity contribution in [1.82, 2.24) is 0 Å². The molecule has 0 aromatic heterocycles. The van der Waals surface area contributed by atoms with Crippen molar-refractivity contribution in [2.45, 2.75) is 12.5 Å². The molecule has 0 fully saturated rings. The third kappa shape index (κ3) is 1.17. The van der Waals surface area contributed by atoms with Gasteiger partial charge in [-0.15, -0.1) is 0 Å². The van der Waals surface area contributed by atoms with Crippen molar-refractivity contribution in [2.75, 3.05) is 0 Å². The molecule has 0 saturated heterocycles. The quantitative estimate of drug-likeness (QED) is 0.501. The maximum atomic E-state index is 12.0. The highest BCUT2D eigenvalue weighted by molar-refractivity contribution is 5.17. The molecule has 0 bridgehead atoms. The molecular weight excluding hydrogens is 107 g/mol. The first-order valence-electron chi connectivity index (χ1n) is 2.51. The summed E-state index contributed by atoms with van der Waals surface area (Å²) in [5, 5.41) is 8.71. The predicted octanol–water partition coefficient (Wildman–Crippen LogP) is 1.16. The number of allylic oxidation sites excluding steroid dienone is 2. The SMILES string of the molecule is OC1C=C(F)C=CC1. The van der Waals surface area contributed by atoms with Crippen LogP contribution >= 0.6 is 0 Å². The lowest BCUT2D eigenvalue weighted by molar-refractivity contribution is 0.222. The third-order valence-electron chi connectivity index (χ3n) is 1.01. The van der Waals surface area contributed by atoms with Crippen molar-refractivity contribution in [3.05, 3.63) is 24.1 Å². The highest BCUT2D eigenvalue weighted by Gasteiger charge is 2.02. The Morgan fingerprint density at radius 1 is 1.75 bits per heavy atom. The van der Waals surface area contributed by atoms with E-state index in [4.69, 9.17) is 5.11 Å². The van der Waals surface area contributed by atoms with E-state index in [2.05, 4.69) is 0 Å². The monoisotopic (exact) mass is 114 g/mol. The molecule has 1 aliphatic carbocycles. The van der Waals surface area contributed by atoms with Crippen molar-refractivity contribution in [2.24, 2.45) is 0 Å². The predicted molar refractivity (Wildman–Crippen MR) is 29.0 cm³/mol. The van der Waals surface area contributed by atoms with E-state index in [0.29, 0.717) is 6.42 Å². The van der Waals surface area contributed by atoms with E-state index in [1.54, 1.807) is 6.08 Å².